The maximum absolute atomic E-state index is 14.9. The topological polar surface area (TPSA) is 96.4 Å². The highest BCUT2D eigenvalue weighted by Crippen LogP contribution is 2.59. The molecule has 6 atom stereocenters. The summed E-state index contributed by atoms with van der Waals surface area (Å²) in [5.41, 5.74) is 0.822. The summed E-state index contributed by atoms with van der Waals surface area (Å²) >= 11 is 0. The van der Waals surface area contributed by atoms with Crippen molar-refractivity contribution in [2.75, 3.05) is 24.7 Å². The third-order valence-corrected chi connectivity index (χ3v) is 9.42. The van der Waals surface area contributed by atoms with Crippen LogP contribution in [-0.2, 0) is 23.9 Å². The van der Waals surface area contributed by atoms with Gasteiger partial charge in [-0.2, -0.15) is 0 Å². The molecule has 2 saturated heterocycles. The standard InChI is InChI=1S/C34H38N2O6/c1-4-33-16-9-6-10-19-41-32(40)28(33)27-30(38)36(26(21-37)24-12-7-5-8-13-24)29-31(39)35(18-11-17-34(27,29)42-33)25-20-22(2)14-15-23(25)3/h5,7-9,11-17,20,26-29,37H,4,6,10,18-19,21H2,1-3H3/b16-9-/t26-,27+,28+,29?,33-,34+/m1/s1. The van der Waals surface area contributed by atoms with Gasteiger partial charge in [-0.3, -0.25) is 14.4 Å². The lowest BCUT2D eigenvalue weighted by atomic mass is 9.73. The lowest BCUT2D eigenvalue weighted by molar-refractivity contribution is -0.161. The quantitative estimate of drug-likeness (QED) is 0.428. The van der Waals surface area contributed by atoms with E-state index < -0.39 is 53.6 Å². The summed E-state index contributed by atoms with van der Waals surface area (Å²) in [6, 6.07) is 13.2. The molecule has 8 nitrogen and oxygen atoms in total. The Morgan fingerprint density at radius 3 is 2.52 bits per heavy atom. The number of carbonyl (C=O) groups is 3. The van der Waals surface area contributed by atoms with Crippen molar-refractivity contribution in [2.45, 2.75) is 63.3 Å². The van der Waals surface area contributed by atoms with Gasteiger partial charge in [-0.05, 0) is 55.9 Å². The Bertz CT molecular complexity index is 1450. The highest BCUT2D eigenvalue weighted by molar-refractivity contribution is 6.06. The number of ether oxygens (including phenoxy) is 2. The van der Waals surface area contributed by atoms with E-state index >= 15 is 0 Å². The number of nitrogens with zero attached hydrogens (tertiary/aromatic N) is 2. The zero-order chi connectivity index (χ0) is 29.6. The summed E-state index contributed by atoms with van der Waals surface area (Å²) in [5.74, 6) is -3.15. The highest BCUT2D eigenvalue weighted by atomic mass is 16.6. The second kappa shape index (κ2) is 10.8. The number of hydrogen-bond donors (Lipinski definition) is 1. The van der Waals surface area contributed by atoms with Gasteiger partial charge in [0.1, 0.15) is 23.2 Å². The van der Waals surface area contributed by atoms with Crippen molar-refractivity contribution in [2.24, 2.45) is 11.8 Å². The summed E-state index contributed by atoms with van der Waals surface area (Å²) in [4.78, 5) is 46.7. The highest BCUT2D eigenvalue weighted by Gasteiger charge is 2.76. The third kappa shape index (κ3) is 4.23. The summed E-state index contributed by atoms with van der Waals surface area (Å²) in [5, 5.41) is 10.7. The van der Waals surface area contributed by atoms with Crippen LogP contribution in [-0.4, -0.2) is 64.8 Å². The predicted molar refractivity (Wildman–Crippen MR) is 157 cm³/mol. The van der Waals surface area contributed by atoms with Gasteiger partial charge >= 0.3 is 5.97 Å². The minimum absolute atomic E-state index is 0.249. The molecule has 8 heteroatoms. The van der Waals surface area contributed by atoms with E-state index in [9.17, 15) is 19.5 Å². The number of carbonyl (C=O) groups excluding carboxylic acids is 3. The zero-order valence-electron chi connectivity index (χ0n) is 24.4. The Morgan fingerprint density at radius 2 is 1.79 bits per heavy atom. The number of aliphatic hydroxyl groups excluding tert-OH is 1. The molecule has 2 amide bonds. The molecule has 4 heterocycles. The second-order valence-electron chi connectivity index (χ2n) is 11.8. The summed E-state index contributed by atoms with van der Waals surface area (Å²) in [6.07, 6.45) is 9.44. The molecule has 42 heavy (non-hydrogen) atoms. The van der Waals surface area contributed by atoms with Crippen LogP contribution in [0.25, 0.3) is 0 Å². The number of fused-ring (bicyclic) bond motifs is 2. The van der Waals surface area contributed by atoms with Crippen molar-refractivity contribution >= 4 is 23.5 Å². The fraction of sp³-hybridized carbons (Fsp3) is 0.441. The van der Waals surface area contributed by atoms with Gasteiger partial charge in [0, 0.05) is 12.2 Å². The van der Waals surface area contributed by atoms with Crippen molar-refractivity contribution in [1.29, 1.82) is 0 Å². The third-order valence-electron chi connectivity index (χ3n) is 9.42. The molecule has 1 N–H and O–H groups in total. The minimum atomic E-state index is -1.44. The van der Waals surface area contributed by atoms with Gasteiger partial charge in [0.15, 0.2) is 0 Å². The van der Waals surface area contributed by atoms with Crippen molar-refractivity contribution in [3.8, 4) is 0 Å². The maximum Gasteiger partial charge on any atom is 0.313 e. The molecule has 0 aromatic heterocycles. The Kier molecular flexibility index (Phi) is 7.31. The second-order valence-corrected chi connectivity index (χ2v) is 11.8. The van der Waals surface area contributed by atoms with E-state index in [1.807, 2.05) is 93.6 Å². The van der Waals surface area contributed by atoms with Gasteiger partial charge in [0.05, 0.1) is 25.2 Å². The molecule has 0 aliphatic carbocycles. The first-order chi connectivity index (χ1) is 20.3. The first-order valence-corrected chi connectivity index (χ1v) is 14.9. The van der Waals surface area contributed by atoms with Crippen LogP contribution in [0.1, 0.15) is 48.9 Å². The number of cyclic esters (lactones) is 1. The van der Waals surface area contributed by atoms with E-state index in [0.717, 1.165) is 16.8 Å². The van der Waals surface area contributed by atoms with Crippen molar-refractivity contribution in [3.05, 3.63) is 89.5 Å². The number of aliphatic hydroxyl groups is 1. The number of benzene rings is 2. The average molecular weight is 571 g/mol. The molecule has 2 aromatic rings. The summed E-state index contributed by atoms with van der Waals surface area (Å²) in [6.45, 7) is 5.99. The number of rotatable bonds is 5. The number of likely N-dealkylation sites (tertiary alicyclic amines) is 1. The molecular formula is C34H38N2O6. The van der Waals surface area contributed by atoms with Crippen LogP contribution in [0.15, 0.2) is 72.8 Å². The Balaban J connectivity index is 1.57. The van der Waals surface area contributed by atoms with Gasteiger partial charge in [0.25, 0.3) is 5.91 Å². The van der Waals surface area contributed by atoms with Crippen LogP contribution in [0.4, 0.5) is 5.69 Å². The minimum Gasteiger partial charge on any atom is -0.465 e. The van der Waals surface area contributed by atoms with Crippen molar-refractivity contribution in [1.82, 2.24) is 4.90 Å². The molecule has 0 saturated carbocycles. The normalized spacial score (nSPS) is 32.2. The first-order valence-electron chi connectivity index (χ1n) is 14.9. The zero-order valence-corrected chi connectivity index (χ0v) is 24.4. The largest absolute Gasteiger partial charge is 0.465 e. The lowest BCUT2D eigenvalue weighted by Crippen LogP contribution is -2.57. The number of amides is 2. The van der Waals surface area contributed by atoms with Gasteiger partial charge < -0.3 is 24.4 Å². The van der Waals surface area contributed by atoms with E-state index in [0.29, 0.717) is 24.8 Å². The maximum atomic E-state index is 14.9. The lowest BCUT2D eigenvalue weighted by Gasteiger charge is -2.41. The summed E-state index contributed by atoms with van der Waals surface area (Å²) in [7, 11) is 0. The number of esters is 1. The molecule has 6 rings (SSSR count). The molecule has 2 aromatic carbocycles. The van der Waals surface area contributed by atoms with Crippen LogP contribution in [0.2, 0.25) is 0 Å². The van der Waals surface area contributed by atoms with Gasteiger partial charge in [-0.25, -0.2) is 0 Å². The van der Waals surface area contributed by atoms with Crippen molar-refractivity contribution < 1.29 is 29.0 Å². The van der Waals surface area contributed by atoms with E-state index in [1.54, 1.807) is 4.90 Å². The molecule has 0 bridgehead atoms. The molecular weight excluding hydrogens is 532 g/mol. The smallest absolute Gasteiger partial charge is 0.313 e. The van der Waals surface area contributed by atoms with E-state index in [2.05, 4.69) is 0 Å². The Hall–Kier alpha value is -3.75. The van der Waals surface area contributed by atoms with E-state index in [4.69, 9.17) is 9.47 Å². The van der Waals surface area contributed by atoms with Gasteiger partial charge in [-0.1, -0.05) is 73.7 Å². The number of hydrogen-bond acceptors (Lipinski definition) is 6. The first kappa shape index (κ1) is 28.4. The van der Waals surface area contributed by atoms with E-state index in [-0.39, 0.29) is 19.1 Å². The van der Waals surface area contributed by atoms with Gasteiger partial charge in [-0.15, -0.1) is 0 Å². The van der Waals surface area contributed by atoms with Crippen LogP contribution in [0.3, 0.4) is 0 Å². The van der Waals surface area contributed by atoms with Crippen molar-refractivity contribution in [3.63, 3.8) is 0 Å². The molecule has 4 aliphatic rings. The van der Waals surface area contributed by atoms with Crippen LogP contribution < -0.4 is 4.90 Å². The van der Waals surface area contributed by atoms with Gasteiger partial charge in [0.2, 0.25) is 5.91 Å². The van der Waals surface area contributed by atoms with Crippen LogP contribution in [0.5, 0.6) is 0 Å². The SMILES string of the molecule is CC[C@@]12/C=C\CCCOC(=O)[C@@H]1[C@H]1C(=O)N([C@H](CO)c3ccccc3)C3C(=O)N(c4cc(C)ccc4C)CC=C[C@@]31O2. The molecule has 0 radical (unpaired) electrons. The molecule has 220 valence electrons. The molecule has 2 fully saturated rings. The molecule has 1 unspecified atom stereocenters. The monoisotopic (exact) mass is 570 g/mol. The average Bonchev–Trinajstić information content (AvgIpc) is 3.37. The number of anilines is 1. The fourth-order valence-electron chi connectivity index (χ4n) is 7.41. The van der Waals surface area contributed by atoms with E-state index in [1.165, 1.54) is 4.90 Å². The Morgan fingerprint density at radius 1 is 1.00 bits per heavy atom. The predicted octanol–water partition coefficient (Wildman–Crippen LogP) is 4.19. The number of allylic oxidation sites excluding steroid dienone is 1. The van der Waals surface area contributed by atoms with Crippen LogP contribution in [0, 0.1) is 25.7 Å². The Labute approximate surface area is 246 Å². The number of aryl methyl sites for hydroxylation is 2. The molecule has 1 spiro atoms. The molecule has 4 aliphatic heterocycles. The summed E-state index contributed by atoms with van der Waals surface area (Å²) < 4.78 is 12.8. The fourth-order valence-corrected chi connectivity index (χ4v) is 7.41. The van der Waals surface area contributed by atoms with Crippen LogP contribution >= 0.6 is 0 Å².